The first-order valence-electron chi connectivity index (χ1n) is 14.3. The Morgan fingerprint density at radius 1 is 0.814 bits per heavy atom. The number of unbranched alkanes of at least 4 members (excludes halogenated alkanes) is 1. The maximum absolute atomic E-state index is 12.1. The second kappa shape index (κ2) is 16.0. The van der Waals surface area contributed by atoms with E-state index in [1.807, 2.05) is 83.8 Å². The van der Waals surface area contributed by atoms with E-state index in [2.05, 4.69) is 22.5 Å². The first-order chi connectivity index (χ1) is 21.0. The molecule has 43 heavy (non-hydrogen) atoms. The highest BCUT2D eigenvalue weighted by atomic mass is 16.5. The number of hydrogen-bond donors (Lipinski definition) is 3. The fourth-order valence-corrected chi connectivity index (χ4v) is 4.47. The Balaban J connectivity index is 1.76. The standard InChI is InChI=1S/C33H39N5O5/c1-4-5-19-43-32-35-29(21-34-20-24-9-7-6-8-10-24)30(36-33(39)40)31(37-32)38(22-25-11-15-27(41-2)16-12-25)23-26-13-17-28(42-3)18-14-26/h6-18,34,36H,4-5,19-23H2,1-3H3,(H,39,40). The number of methoxy groups -OCH3 is 2. The Morgan fingerprint density at radius 2 is 1.42 bits per heavy atom. The van der Waals surface area contributed by atoms with Gasteiger partial charge in [0.1, 0.15) is 17.2 Å². The summed E-state index contributed by atoms with van der Waals surface area (Å²) in [4.78, 5) is 23.5. The highest BCUT2D eigenvalue weighted by Crippen LogP contribution is 2.32. The molecular weight excluding hydrogens is 546 g/mol. The minimum Gasteiger partial charge on any atom is -0.497 e. The van der Waals surface area contributed by atoms with Gasteiger partial charge >= 0.3 is 12.1 Å². The Labute approximate surface area is 252 Å². The molecule has 226 valence electrons. The van der Waals surface area contributed by atoms with Crippen molar-refractivity contribution in [2.75, 3.05) is 31.0 Å². The molecule has 4 rings (SSSR count). The lowest BCUT2D eigenvalue weighted by atomic mass is 10.1. The van der Waals surface area contributed by atoms with Crippen LogP contribution in [0.2, 0.25) is 0 Å². The number of aromatic nitrogens is 2. The third kappa shape index (κ3) is 9.34. The van der Waals surface area contributed by atoms with Crippen LogP contribution in [0.15, 0.2) is 78.9 Å². The van der Waals surface area contributed by atoms with Crippen LogP contribution in [0.1, 0.15) is 42.1 Å². The largest absolute Gasteiger partial charge is 0.497 e. The fourth-order valence-electron chi connectivity index (χ4n) is 4.47. The summed E-state index contributed by atoms with van der Waals surface area (Å²) in [5, 5.41) is 15.9. The average molecular weight is 586 g/mol. The number of carboxylic acid groups (broad SMARTS) is 1. The van der Waals surface area contributed by atoms with E-state index in [1.54, 1.807) is 14.2 Å². The number of carbonyl (C=O) groups is 1. The predicted molar refractivity (Wildman–Crippen MR) is 167 cm³/mol. The summed E-state index contributed by atoms with van der Waals surface area (Å²) < 4.78 is 16.7. The van der Waals surface area contributed by atoms with Crippen LogP contribution in [-0.4, -0.2) is 42.0 Å². The van der Waals surface area contributed by atoms with Crippen molar-refractivity contribution in [3.63, 3.8) is 0 Å². The molecule has 0 spiro atoms. The van der Waals surface area contributed by atoms with Gasteiger partial charge in [-0.05, 0) is 47.4 Å². The van der Waals surface area contributed by atoms with E-state index in [1.165, 1.54) is 0 Å². The normalized spacial score (nSPS) is 10.7. The van der Waals surface area contributed by atoms with E-state index in [4.69, 9.17) is 19.2 Å². The lowest BCUT2D eigenvalue weighted by Crippen LogP contribution is -2.27. The Hall–Kier alpha value is -4.83. The minimum absolute atomic E-state index is 0.199. The minimum atomic E-state index is -1.21. The molecule has 0 aliphatic carbocycles. The number of nitrogens with zero attached hydrogens (tertiary/aromatic N) is 3. The molecule has 1 aromatic heterocycles. The van der Waals surface area contributed by atoms with E-state index in [-0.39, 0.29) is 6.01 Å². The van der Waals surface area contributed by atoms with Crippen molar-refractivity contribution in [3.05, 3.63) is 101 Å². The molecule has 4 aromatic rings. The van der Waals surface area contributed by atoms with Crippen LogP contribution in [0.3, 0.4) is 0 Å². The molecule has 0 aliphatic heterocycles. The monoisotopic (exact) mass is 585 g/mol. The van der Waals surface area contributed by atoms with Gasteiger partial charge in [-0.15, -0.1) is 0 Å². The van der Waals surface area contributed by atoms with Crippen LogP contribution < -0.4 is 29.7 Å². The summed E-state index contributed by atoms with van der Waals surface area (Å²) in [5.74, 6) is 1.92. The van der Waals surface area contributed by atoms with Gasteiger partial charge in [-0.3, -0.25) is 5.32 Å². The molecule has 0 unspecified atom stereocenters. The van der Waals surface area contributed by atoms with Crippen molar-refractivity contribution < 1.29 is 24.1 Å². The Morgan fingerprint density at radius 3 is 1.95 bits per heavy atom. The second-order valence-electron chi connectivity index (χ2n) is 9.93. The zero-order chi connectivity index (χ0) is 30.4. The predicted octanol–water partition coefficient (Wildman–Crippen LogP) is 6.26. The SMILES string of the molecule is CCCCOc1nc(CNCc2ccccc2)c(NC(=O)O)c(N(Cc2ccc(OC)cc2)Cc2ccc(OC)cc2)n1. The molecule has 10 nitrogen and oxygen atoms in total. The maximum atomic E-state index is 12.1. The van der Waals surface area contributed by atoms with Crippen molar-refractivity contribution >= 4 is 17.6 Å². The highest BCUT2D eigenvalue weighted by molar-refractivity contribution is 5.88. The van der Waals surface area contributed by atoms with Crippen LogP contribution in [0.5, 0.6) is 17.5 Å². The lowest BCUT2D eigenvalue weighted by Gasteiger charge is -2.27. The van der Waals surface area contributed by atoms with Crippen LogP contribution in [0, 0.1) is 0 Å². The second-order valence-corrected chi connectivity index (χ2v) is 9.93. The van der Waals surface area contributed by atoms with Gasteiger partial charge in [-0.1, -0.05) is 67.9 Å². The number of ether oxygens (including phenoxy) is 3. The summed E-state index contributed by atoms with van der Waals surface area (Å²) in [6, 6.07) is 25.7. The zero-order valence-electron chi connectivity index (χ0n) is 24.9. The molecule has 0 saturated heterocycles. The molecule has 0 atom stereocenters. The maximum Gasteiger partial charge on any atom is 0.409 e. The molecule has 0 aliphatic rings. The first kappa shape index (κ1) is 31.1. The van der Waals surface area contributed by atoms with Crippen LogP contribution >= 0.6 is 0 Å². The van der Waals surface area contributed by atoms with Gasteiger partial charge in [0.15, 0.2) is 5.82 Å². The Bertz CT molecular complexity index is 1380. The summed E-state index contributed by atoms with van der Waals surface area (Å²) in [6.45, 7) is 4.29. The van der Waals surface area contributed by atoms with E-state index < -0.39 is 6.09 Å². The van der Waals surface area contributed by atoms with Gasteiger partial charge in [-0.2, -0.15) is 9.97 Å². The average Bonchev–Trinajstić information content (AvgIpc) is 3.03. The molecule has 0 saturated carbocycles. The quantitative estimate of drug-likeness (QED) is 0.131. The molecule has 10 heteroatoms. The number of amides is 1. The molecule has 1 amide bonds. The van der Waals surface area contributed by atoms with Crippen molar-refractivity contribution in [1.29, 1.82) is 0 Å². The van der Waals surface area contributed by atoms with Gasteiger partial charge in [0.2, 0.25) is 0 Å². The Kier molecular flexibility index (Phi) is 11.6. The van der Waals surface area contributed by atoms with E-state index >= 15 is 0 Å². The summed E-state index contributed by atoms with van der Waals surface area (Å²) in [6.07, 6.45) is 0.595. The third-order valence-electron chi connectivity index (χ3n) is 6.73. The van der Waals surface area contributed by atoms with E-state index in [0.717, 1.165) is 41.0 Å². The van der Waals surface area contributed by atoms with Gasteiger partial charge in [-0.25, -0.2) is 4.79 Å². The smallest absolute Gasteiger partial charge is 0.409 e. The number of benzene rings is 3. The van der Waals surface area contributed by atoms with Crippen molar-refractivity contribution in [2.24, 2.45) is 0 Å². The summed E-state index contributed by atoms with van der Waals surface area (Å²) in [7, 11) is 3.26. The van der Waals surface area contributed by atoms with E-state index in [0.29, 0.717) is 50.0 Å². The molecule has 0 radical (unpaired) electrons. The molecule has 1 heterocycles. The van der Waals surface area contributed by atoms with Crippen LogP contribution in [0.25, 0.3) is 0 Å². The van der Waals surface area contributed by atoms with Gasteiger partial charge in [0.25, 0.3) is 0 Å². The first-order valence-corrected chi connectivity index (χ1v) is 14.3. The summed E-state index contributed by atoms with van der Waals surface area (Å²) in [5.41, 5.74) is 3.88. The summed E-state index contributed by atoms with van der Waals surface area (Å²) >= 11 is 0. The molecule has 3 aromatic carbocycles. The lowest BCUT2D eigenvalue weighted by molar-refractivity contribution is 0.209. The zero-order valence-corrected chi connectivity index (χ0v) is 24.9. The third-order valence-corrected chi connectivity index (χ3v) is 6.73. The van der Waals surface area contributed by atoms with Crippen LogP contribution in [-0.2, 0) is 26.2 Å². The molecule has 0 bridgehead atoms. The van der Waals surface area contributed by atoms with Gasteiger partial charge in [0, 0.05) is 26.2 Å². The molecular formula is C33H39N5O5. The highest BCUT2D eigenvalue weighted by Gasteiger charge is 2.23. The number of rotatable bonds is 16. The molecule has 0 fully saturated rings. The number of anilines is 2. The number of hydrogen-bond acceptors (Lipinski definition) is 8. The van der Waals surface area contributed by atoms with Crippen LogP contribution in [0.4, 0.5) is 16.3 Å². The van der Waals surface area contributed by atoms with Crippen molar-refractivity contribution in [2.45, 2.75) is 45.9 Å². The van der Waals surface area contributed by atoms with E-state index in [9.17, 15) is 9.90 Å². The number of nitrogens with one attached hydrogen (secondary N) is 2. The van der Waals surface area contributed by atoms with Crippen molar-refractivity contribution in [3.8, 4) is 17.5 Å². The van der Waals surface area contributed by atoms with Gasteiger partial charge in [0.05, 0.1) is 26.5 Å². The molecule has 3 N–H and O–H groups in total. The van der Waals surface area contributed by atoms with Crippen molar-refractivity contribution in [1.82, 2.24) is 15.3 Å². The van der Waals surface area contributed by atoms with Gasteiger partial charge < -0.3 is 29.5 Å². The fraction of sp³-hybridized carbons (Fsp3) is 0.303. The topological polar surface area (TPSA) is 118 Å².